The lowest BCUT2D eigenvalue weighted by Gasteiger charge is -2.40. The van der Waals surface area contributed by atoms with Crippen molar-refractivity contribution in [2.24, 2.45) is 5.73 Å². The van der Waals surface area contributed by atoms with Crippen molar-refractivity contribution in [3.8, 4) is 5.75 Å². The third-order valence-electron chi connectivity index (χ3n) is 4.59. The molecule has 0 aromatic heterocycles. The summed E-state index contributed by atoms with van der Waals surface area (Å²) in [7, 11) is 1.60. The molecular weight excluding hydrogens is 330 g/mol. The molecule has 6 heteroatoms. The van der Waals surface area contributed by atoms with E-state index in [4.69, 9.17) is 10.5 Å². The average molecular weight is 353 g/mol. The summed E-state index contributed by atoms with van der Waals surface area (Å²) in [6, 6.07) is 17.5. The van der Waals surface area contributed by atoms with Crippen LogP contribution in [0, 0.1) is 0 Å². The Hall–Kier alpha value is -2.86. The first-order valence-electron chi connectivity index (χ1n) is 8.57. The Kier molecular flexibility index (Phi) is 5.53. The van der Waals surface area contributed by atoms with Gasteiger partial charge in [-0.25, -0.2) is 0 Å². The van der Waals surface area contributed by atoms with Crippen LogP contribution in [0.3, 0.4) is 0 Å². The molecular formula is C20H23N3O3. The summed E-state index contributed by atoms with van der Waals surface area (Å²) in [4.78, 5) is 27.7. The molecule has 2 N–H and O–H groups in total. The summed E-state index contributed by atoms with van der Waals surface area (Å²) in [5.41, 5.74) is 7.34. The number of amides is 2. The van der Waals surface area contributed by atoms with Gasteiger partial charge in [0, 0.05) is 24.3 Å². The smallest absolute Gasteiger partial charge is 0.241 e. The largest absolute Gasteiger partial charge is 0.497 e. The second-order valence-corrected chi connectivity index (χ2v) is 6.42. The Morgan fingerprint density at radius 3 is 2.65 bits per heavy atom. The first-order valence-corrected chi connectivity index (χ1v) is 8.57. The standard InChI is InChI=1S/C20H23N3O3/c1-26-18-9-5-8-16(11-18)23-12-17(10-15-6-3-2-4-7-15)22(13-19(21)24)14-20(23)25/h2-9,11,17H,10,12-14H2,1H3,(H2,21,24)/t17-/m0/s1. The number of nitrogens with two attached hydrogens (primary N) is 1. The molecule has 26 heavy (non-hydrogen) atoms. The van der Waals surface area contributed by atoms with Crippen molar-refractivity contribution in [2.45, 2.75) is 12.5 Å². The van der Waals surface area contributed by atoms with Crippen LogP contribution < -0.4 is 15.4 Å². The van der Waals surface area contributed by atoms with Crippen LogP contribution >= 0.6 is 0 Å². The fraction of sp³-hybridized carbons (Fsp3) is 0.300. The van der Waals surface area contributed by atoms with Gasteiger partial charge in [0.15, 0.2) is 0 Å². The Morgan fingerprint density at radius 1 is 1.19 bits per heavy atom. The molecule has 0 radical (unpaired) electrons. The number of nitrogens with zero attached hydrogens (tertiary/aromatic N) is 2. The minimum atomic E-state index is -0.425. The van der Waals surface area contributed by atoms with Gasteiger partial charge in [-0.15, -0.1) is 0 Å². The minimum absolute atomic E-state index is 0.00815. The number of ether oxygens (including phenoxy) is 1. The van der Waals surface area contributed by atoms with Crippen molar-refractivity contribution in [3.05, 3.63) is 60.2 Å². The summed E-state index contributed by atoms with van der Waals surface area (Å²) in [6.45, 7) is 0.737. The van der Waals surface area contributed by atoms with Gasteiger partial charge in [-0.3, -0.25) is 14.5 Å². The highest BCUT2D eigenvalue weighted by atomic mass is 16.5. The molecule has 1 heterocycles. The molecule has 1 atom stereocenters. The lowest BCUT2D eigenvalue weighted by molar-refractivity contribution is -0.125. The molecule has 1 saturated heterocycles. The quantitative estimate of drug-likeness (QED) is 0.853. The first-order chi connectivity index (χ1) is 12.6. The van der Waals surface area contributed by atoms with Crippen molar-refractivity contribution in [3.63, 3.8) is 0 Å². The molecule has 1 fully saturated rings. The Balaban J connectivity index is 1.84. The van der Waals surface area contributed by atoms with E-state index in [1.165, 1.54) is 0 Å². The van der Waals surface area contributed by atoms with E-state index in [0.717, 1.165) is 17.7 Å². The zero-order chi connectivity index (χ0) is 18.5. The molecule has 0 bridgehead atoms. The number of hydrogen-bond acceptors (Lipinski definition) is 4. The molecule has 3 rings (SSSR count). The zero-order valence-electron chi connectivity index (χ0n) is 14.8. The molecule has 0 aliphatic carbocycles. The van der Waals surface area contributed by atoms with Crippen LogP contribution in [0.25, 0.3) is 0 Å². The van der Waals surface area contributed by atoms with Gasteiger partial charge < -0.3 is 15.4 Å². The highest BCUT2D eigenvalue weighted by Crippen LogP contribution is 2.25. The topological polar surface area (TPSA) is 75.9 Å². The average Bonchev–Trinajstić information content (AvgIpc) is 2.64. The summed E-state index contributed by atoms with van der Waals surface area (Å²) in [5.74, 6) is 0.226. The third-order valence-corrected chi connectivity index (χ3v) is 4.59. The first kappa shape index (κ1) is 17.9. The van der Waals surface area contributed by atoms with Crippen molar-refractivity contribution >= 4 is 17.5 Å². The lowest BCUT2D eigenvalue weighted by Crippen LogP contribution is -2.58. The number of carbonyl (C=O) groups is 2. The molecule has 6 nitrogen and oxygen atoms in total. The molecule has 2 aromatic rings. The molecule has 136 valence electrons. The van der Waals surface area contributed by atoms with Crippen LogP contribution in [0.15, 0.2) is 54.6 Å². The van der Waals surface area contributed by atoms with Crippen LogP contribution in [0.4, 0.5) is 5.69 Å². The van der Waals surface area contributed by atoms with Crippen molar-refractivity contribution in [1.29, 1.82) is 0 Å². The van der Waals surface area contributed by atoms with Gasteiger partial charge in [-0.05, 0) is 24.1 Å². The number of anilines is 1. The summed E-state index contributed by atoms with van der Waals surface area (Å²) in [6.07, 6.45) is 0.738. The van der Waals surface area contributed by atoms with Crippen molar-refractivity contribution < 1.29 is 14.3 Å². The number of piperazine rings is 1. The van der Waals surface area contributed by atoms with E-state index in [9.17, 15) is 9.59 Å². The zero-order valence-corrected chi connectivity index (χ0v) is 14.8. The van der Waals surface area contributed by atoms with Gasteiger partial charge in [-0.2, -0.15) is 0 Å². The molecule has 2 aromatic carbocycles. The van der Waals surface area contributed by atoms with Crippen molar-refractivity contribution in [1.82, 2.24) is 4.90 Å². The van der Waals surface area contributed by atoms with E-state index in [0.29, 0.717) is 12.3 Å². The summed E-state index contributed by atoms with van der Waals surface area (Å²) in [5, 5.41) is 0. The second-order valence-electron chi connectivity index (χ2n) is 6.42. The molecule has 0 unspecified atom stereocenters. The number of hydrogen-bond donors (Lipinski definition) is 1. The SMILES string of the molecule is COc1cccc(N2C[C@H](Cc3ccccc3)N(CC(N)=O)CC2=O)c1. The van der Waals surface area contributed by atoms with Crippen LogP contribution in [-0.4, -0.2) is 49.5 Å². The maximum Gasteiger partial charge on any atom is 0.241 e. The number of primary amides is 1. The maximum absolute atomic E-state index is 12.7. The maximum atomic E-state index is 12.7. The van der Waals surface area contributed by atoms with Crippen molar-refractivity contribution in [2.75, 3.05) is 31.6 Å². The highest BCUT2D eigenvalue weighted by molar-refractivity contribution is 5.96. The van der Waals surface area contributed by atoms with Gasteiger partial charge in [0.2, 0.25) is 11.8 Å². The number of rotatable bonds is 6. The van der Waals surface area contributed by atoms with Crippen LogP contribution in [0.2, 0.25) is 0 Å². The highest BCUT2D eigenvalue weighted by Gasteiger charge is 2.33. The van der Waals surface area contributed by atoms with Gasteiger partial charge >= 0.3 is 0 Å². The molecule has 1 aliphatic heterocycles. The Bertz CT molecular complexity index is 779. The summed E-state index contributed by atoms with van der Waals surface area (Å²) < 4.78 is 5.27. The van der Waals surface area contributed by atoms with Crippen LogP contribution in [-0.2, 0) is 16.0 Å². The minimum Gasteiger partial charge on any atom is -0.497 e. The van der Waals surface area contributed by atoms with Crippen LogP contribution in [0.1, 0.15) is 5.56 Å². The van der Waals surface area contributed by atoms with E-state index in [1.807, 2.05) is 47.4 Å². The number of carbonyl (C=O) groups excluding carboxylic acids is 2. The monoisotopic (exact) mass is 353 g/mol. The summed E-state index contributed by atoms with van der Waals surface area (Å²) >= 11 is 0. The van der Waals surface area contributed by atoms with E-state index in [1.54, 1.807) is 12.0 Å². The molecule has 1 aliphatic rings. The van der Waals surface area contributed by atoms with Gasteiger partial charge in [0.1, 0.15) is 5.75 Å². The van der Waals surface area contributed by atoms with Gasteiger partial charge in [-0.1, -0.05) is 36.4 Å². The predicted molar refractivity (Wildman–Crippen MR) is 100 cm³/mol. The van der Waals surface area contributed by atoms with E-state index in [-0.39, 0.29) is 25.0 Å². The normalized spacial score (nSPS) is 18.0. The van der Waals surface area contributed by atoms with E-state index in [2.05, 4.69) is 12.1 Å². The number of benzene rings is 2. The second kappa shape index (κ2) is 8.01. The molecule has 0 spiro atoms. The van der Waals surface area contributed by atoms with Gasteiger partial charge in [0.25, 0.3) is 0 Å². The lowest BCUT2D eigenvalue weighted by atomic mass is 10.0. The van der Waals surface area contributed by atoms with Gasteiger partial charge in [0.05, 0.1) is 20.2 Å². The van der Waals surface area contributed by atoms with E-state index < -0.39 is 5.91 Å². The fourth-order valence-electron chi connectivity index (χ4n) is 3.31. The third kappa shape index (κ3) is 4.21. The molecule has 0 saturated carbocycles. The molecule has 2 amide bonds. The van der Waals surface area contributed by atoms with Crippen LogP contribution in [0.5, 0.6) is 5.75 Å². The fourth-order valence-corrected chi connectivity index (χ4v) is 3.31. The Labute approximate surface area is 153 Å². The number of methoxy groups -OCH3 is 1. The predicted octanol–water partition coefficient (Wildman–Crippen LogP) is 1.44. The van der Waals surface area contributed by atoms with E-state index >= 15 is 0 Å². The Morgan fingerprint density at radius 2 is 1.96 bits per heavy atom.